The molecule has 8 heteroatoms. The highest BCUT2D eigenvalue weighted by Crippen LogP contribution is 2.39. The zero-order chi connectivity index (χ0) is 24.0. The Hall–Kier alpha value is -2.74. The van der Waals surface area contributed by atoms with Gasteiger partial charge in [-0.1, -0.05) is 12.1 Å². The van der Waals surface area contributed by atoms with Crippen LogP contribution >= 0.6 is 0 Å². The normalized spacial score (nSPS) is 22.4. The summed E-state index contributed by atoms with van der Waals surface area (Å²) in [5.74, 6) is 0.795. The molecule has 33 heavy (non-hydrogen) atoms. The average molecular weight is 459 g/mol. The molecule has 0 amide bonds. The van der Waals surface area contributed by atoms with E-state index in [4.69, 9.17) is 0 Å². The van der Waals surface area contributed by atoms with Crippen LogP contribution in [-0.4, -0.2) is 25.9 Å². The summed E-state index contributed by atoms with van der Waals surface area (Å²) in [5, 5.41) is 22.9. The van der Waals surface area contributed by atoms with Crippen LogP contribution in [0, 0.1) is 13.8 Å². The molecule has 1 fully saturated rings. The third-order valence-electron chi connectivity index (χ3n) is 6.84. The minimum Gasteiger partial charge on any atom is -0.390 e. The summed E-state index contributed by atoms with van der Waals surface area (Å²) >= 11 is 0. The fourth-order valence-corrected chi connectivity index (χ4v) is 4.79. The van der Waals surface area contributed by atoms with Gasteiger partial charge in [0.2, 0.25) is 0 Å². The number of nitrogens with zero attached hydrogens (tertiary/aromatic N) is 3. The van der Waals surface area contributed by atoms with Crippen LogP contribution in [0.1, 0.15) is 79.4 Å². The fourth-order valence-electron chi connectivity index (χ4n) is 4.79. The maximum atomic E-state index is 13.4. The number of aromatic nitrogens is 3. The summed E-state index contributed by atoms with van der Waals surface area (Å²) in [6.07, 6.45) is 0.687. The van der Waals surface area contributed by atoms with E-state index in [2.05, 4.69) is 26.6 Å². The molecular weight excluding hydrogens is 429 g/mol. The first-order chi connectivity index (χ1) is 15.5. The van der Waals surface area contributed by atoms with E-state index in [0.29, 0.717) is 28.5 Å². The molecule has 0 radical (unpaired) electrons. The van der Waals surface area contributed by atoms with Gasteiger partial charge in [0.1, 0.15) is 0 Å². The summed E-state index contributed by atoms with van der Waals surface area (Å²) < 4.78 is 40.1. The number of halogens is 3. The van der Waals surface area contributed by atoms with Gasteiger partial charge in [0, 0.05) is 11.6 Å². The van der Waals surface area contributed by atoms with Crippen molar-refractivity contribution in [2.45, 2.75) is 77.1 Å². The number of pyridine rings is 1. The molecule has 0 bridgehead atoms. The van der Waals surface area contributed by atoms with E-state index in [1.807, 2.05) is 27.0 Å². The molecule has 2 N–H and O–H groups in total. The van der Waals surface area contributed by atoms with Crippen LogP contribution in [0.2, 0.25) is 0 Å². The Kier molecular flexibility index (Phi) is 6.07. The van der Waals surface area contributed by atoms with E-state index >= 15 is 0 Å². The second kappa shape index (κ2) is 8.56. The average Bonchev–Trinajstić information content (AvgIpc) is 2.75. The number of hydrogen-bond donors (Lipinski definition) is 2. The molecule has 5 nitrogen and oxygen atoms in total. The predicted molar refractivity (Wildman–Crippen MR) is 122 cm³/mol. The summed E-state index contributed by atoms with van der Waals surface area (Å²) in [7, 11) is 0. The molecule has 0 aliphatic heterocycles. The molecular formula is C25H29F3N4O. The van der Waals surface area contributed by atoms with Gasteiger partial charge in [0.15, 0.2) is 5.82 Å². The Morgan fingerprint density at radius 1 is 1.15 bits per heavy atom. The lowest BCUT2D eigenvalue weighted by Gasteiger charge is -2.33. The van der Waals surface area contributed by atoms with Gasteiger partial charge in [-0.25, -0.2) is 0 Å². The van der Waals surface area contributed by atoms with E-state index in [1.54, 1.807) is 6.07 Å². The van der Waals surface area contributed by atoms with Gasteiger partial charge in [0.25, 0.3) is 0 Å². The lowest BCUT2D eigenvalue weighted by Crippen LogP contribution is -2.29. The van der Waals surface area contributed by atoms with Crippen molar-refractivity contribution >= 4 is 16.7 Å². The molecule has 2 aromatic heterocycles. The van der Waals surface area contributed by atoms with Gasteiger partial charge in [0.05, 0.1) is 28.4 Å². The van der Waals surface area contributed by atoms with Crippen molar-refractivity contribution in [3.8, 4) is 0 Å². The van der Waals surface area contributed by atoms with E-state index in [1.165, 1.54) is 13.0 Å². The van der Waals surface area contributed by atoms with Crippen LogP contribution in [0.5, 0.6) is 0 Å². The number of rotatable bonds is 4. The van der Waals surface area contributed by atoms with E-state index in [-0.39, 0.29) is 5.56 Å². The minimum absolute atomic E-state index is 0.197. The van der Waals surface area contributed by atoms with E-state index in [9.17, 15) is 18.3 Å². The van der Waals surface area contributed by atoms with Crippen LogP contribution in [0.3, 0.4) is 0 Å². The molecule has 1 aliphatic carbocycles. The first kappa shape index (κ1) is 23.4. The second-order valence-electron chi connectivity index (χ2n) is 9.45. The molecule has 2 heterocycles. The maximum Gasteiger partial charge on any atom is 0.416 e. The maximum absolute atomic E-state index is 13.4. The largest absolute Gasteiger partial charge is 0.416 e. The van der Waals surface area contributed by atoms with Gasteiger partial charge in [-0.2, -0.15) is 18.3 Å². The van der Waals surface area contributed by atoms with Crippen molar-refractivity contribution in [1.29, 1.82) is 0 Å². The minimum atomic E-state index is -4.40. The number of alkyl halides is 3. The SMILES string of the molecule is Cc1c([C@@H](C)Nc2nnc(C)c3ncc(C4CCC(C)(O)CC4)cc23)cccc1C(F)(F)F. The van der Waals surface area contributed by atoms with E-state index in [0.717, 1.165) is 42.7 Å². The summed E-state index contributed by atoms with van der Waals surface area (Å²) in [6, 6.07) is 5.87. The highest BCUT2D eigenvalue weighted by atomic mass is 19.4. The zero-order valence-electron chi connectivity index (χ0n) is 19.3. The number of hydrogen-bond acceptors (Lipinski definition) is 5. The van der Waals surface area contributed by atoms with E-state index < -0.39 is 23.4 Å². The molecule has 3 aromatic rings. The highest BCUT2D eigenvalue weighted by Gasteiger charge is 2.33. The summed E-state index contributed by atoms with van der Waals surface area (Å²) in [5.41, 5.74) is 1.99. The van der Waals surface area contributed by atoms with Gasteiger partial charge in [-0.3, -0.25) is 4.98 Å². The van der Waals surface area contributed by atoms with Gasteiger partial charge in [-0.15, -0.1) is 5.10 Å². The van der Waals surface area contributed by atoms with Crippen LogP contribution in [0.4, 0.5) is 19.0 Å². The number of anilines is 1. The third kappa shape index (κ3) is 4.81. The Labute approximate surface area is 191 Å². The first-order valence-electron chi connectivity index (χ1n) is 11.2. The van der Waals surface area contributed by atoms with Crippen LogP contribution in [0.25, 0.3) is 10.9 Å². The molecule has 0 unspecified atom stereocenters. The Balaban J connectivity index is 1.68. The first-order valence-corrected chi connectivity index (χ1v) is 11.2. The van der Waals surface area contributed by atoms with Gasteiger partial charge < -0.3 is 10.4 Å². The number of fused-ring (bicyclic) bond motifs is 1. The monoisotopic (exact) mass is 458 g/mol. The Bertz CT molecular complexity index is 1170. The van der Waals surface area contributed by atoms with Crippen LogP contribution in [-0.2, 0) is 6.18 Å². The number of benzene rings is 1. The molecule has 1 saturated carbocycles. The molecule has 1 aliphatic rings. The smallest absolute Gasteiger partial charge is 0.390 e. The lowest BCUT2D eigenvalue weighted by molar-refractivity contribution is -0.138. The van der Waals surface area contributed by atoms with Crippen molar-refractivity contribution in [3.63, 3.8) is 0 Å². The van der Waals surface area contributed by atoms with Crippen molar-refractivity contribution < 1.29 is 18.3 Å². The van der Waals surface area contributed by atoms with Crippen LogP contribution in [0.15, 0.2) is 30.5 Å². The summed E-state index contributed by atoms with van der Waals surface area (Å²) in [4.78, 5) is 4.64. The van der Waals surface area contributed by atoms with Gasteiger partial charge in [-0.05, 0) is 88.1 Å². The quantitative estimate of drug-likeness (QED) is 0.484. The highest BCUT2D eigenvalue weighted by molar-refractivity contribution is 5.90. The molecule has 1 atom stereocenters. The molecule has 0 saturated heterocycles. The van der Waals surface area contributed by atoms with Crippen molar-refractivity contribution in [2.75, 3.05) is 5.32 Å². The molecule has 1 aromatic carbocycles. The standard InChI is InChI=1S/C25H29F3N4O/c1-14-19(6-5-7-21(14)25(26,27)28)15(2)30-23-20-12-18(13-29-22(20)16(3)31-32-23)17-8-10-24(4,33)11-9-17/h5-7,12-13,15,17,33H,8-11H2,1-4H3,(H,30,32)/t15-,17?,24?/m1/s1. The van der Waals surface area contributed by atoms with Crippen LogP contribution < -0.4 is 5.32 Å². The van der Waals surface area contributed by atoms with Crippen molar-refractivity contribution in [2.24, 2.45) is 0 Å². The van der Waals surface area contributed by atoms with Gasteiger partial charge >= 0.3 is 6.18 Å². The third-order valence-corrected chi connectivity index (χ3v) is 6.84. The molecule has 4 rings (SSSR count). The topological polar surface area (TPSA) is 70.9 Å². The summed E-state index contributed by atoms with van der Waals surface area (Å²) in [6.45, 7) is 7.02. The number of aliphatic hydroxyl groups is 1. The Morgan fingerprint density at radius 2 is 1.85 bits per heavy atom. The second-order valence-corrected chi connectivity index (χ2v) is 9.45. The Morgan fingerprint density at radius 3 is 2.52 bits per heavy atom. The fraction of sp³-hybridized carbons (Fsp3) is 0.480. The lowest BCUT2D eigenvalue weighted by atomic mass is 9.77. The number of nitrogens with one attached hydrogen (secondary N) is 1. The molecule has 176 valence electrons. The van der Waals surface area contributed by atoms with Crippen molar-refractivity contribution in [3.05, 3.63) is 58.4 Å². The number of aryl methyl sites for hydroxylation is 1. The predicted octanol–water partition coefficient (Wildman–Crippen LogP) is 6.24. The van der Waals surface area contributed by atoms with Crippen molar-refractivity contribution in [1.82, 2.24) is 15.2 Å². The molecule has 0 spiro atoms. The zero-order valence-corrected chi connectivity index (χ0v) is 19.3.